The number of hydrogen-bond acceptors (Lipinski definition) is 5. The maximum atomic E-state index is 13.2. The van der Waals surface area contributed by atoms with Crippen LogP contribution in [-0.4, -0.2) is 34.7 Å². The second-order valence-electron chi connectivity index (χ2n) is 8.65. The van der Waals surface area contributed by atoms with Crippen molar-refractivity contribution in [3.05, 3.63) is 118 Å². The number of aryl methyl sites for hydroxylation is 1. The van der Waals surface area contributed by atoms with Crippen molar-refractivity contribution in [2.75, 3.05) is 13.2 Å². The van der Waals surface area contributed by atoms with E-state index in [1.807, 2.05) is 48.0 Å². The van der Waals surface area contributed by atoms with Crippen LogP contribution in [0.1, 0.15) is 27.0 Å². The molecule has 1 aliphatic heterocycles. The number of hydrogen-bond donors (Lipinski definition) is 0. The van der Waals surface area contributed by atoms with E-state index in [1.165, 1.54) is 0 Å². The van der Waals surface area contributed by atoms with Crippen LogP contribution in [-0.2, 0) is 21.8 Å². The van der Waals surface area contributed by atoms with Gasteiger partial charge in [0, 0.05) is 33.6 Å². The highest BCUT2D eigenvalue weighted by molar-refractivity contribution is 6.32. The maximum Gasteiger partial charge on any atom is 0.214 e. The Balaban J connectivity index is 1.37. The van der Waals surface area contributed by atoms with Gasteiger partial charge in [-0.2, -0.15) is 0 Å². The first-order chi connectivity index (χ1) is 17.4. The van der Waals surface area contributed by atoms with Gasteiger partial charge in [-0.25, -0.2) is 4.98 Å². The van der Waals surface area contributed by atoms with Crippen LogP contribution in [0.4, 0.5) is 0 Å². The largest absolute Gasteiger partial charge is 0.490 e. The molecule has 1 fully saturated rings. The molecule has 1 saturated heterocycles. The van der Waals surface area contributed by atoms with E-state index >= 15 is 0 Å². The topological polar surface area (TPSA) is 62.6 Å². The maximum absolute atomic E-state index is 13.2. The molecule has 184 valence electrons. The normalized spacial score (nSPS) is 19.4. The number of benzene rings is 3. The Morgan fingerprint density at radius 3 is 2.64 bits per heavy atom. The standard InChI is InChI=1S/C28H24Cl2N2O4/c1-19-13-26(24(14-25(19)30)27(33)20-5-3-2-4-6-20)34-15-23-16-35-28(36-23,17-32-12-11-31-18-32)21-7-9-22(29)10-8-21/h2-14,18,23H,15-17H2,1H3/t23-,28-/m1/s1. The molecule has 3 aromatic carbocycles. The van der Waals surface area contributed by atoms with E-state index in [2.05, 4.69) is 4.98 Å². The van der Waals surface area contributed by atoms with Crippen molar-refractivity contribution in [3.63, 3.8) is 0 Å². The van der Waals surface area contributed by atoms with Gasteiger partial charge in [0.2, 0.25) is 5.79 Å². The van der Waals surface area contributed by atoms with Crippen LogP contribution in [0.5, 0.6) is 5.75 Å². The Bertz CT molecular complexity index is 1340. The molecule has 0 saturated carbocycles. The monoisotopic (exact) mass is 522 g/mol. The molecule has 1 aromatic heterocycles. The molecule has 0 bridgehead atoms. The molecule has 5 rings (SSSR count). The number of ether oxygens (including phenoxy) is 3. The van der Waals surface area contributed by atoms with Crippen molar-refractivity contribution in [1.29, 1.82) is 0 Å². The van der Waals surface area contributed by atoms with Gasteiger partial charge in [0.25, 0.3) is 0 Å². The zero-order chi connectivity index (χ0) is 25.1. The van der Waals surface area contributed by atoms with Gasteiger partial charge in [0.15, 0.2) is 5.78 Å². The predicted octanol–water partition coefficient (Wildman–Crippen LogP) is 6.08. The molecule has 36 heavy (non-hydrogen) atoms. The molecule has 8 heteroatoms. The minimum Gasteiger partial charge on any atom is -0.490 e. The fraction of sp³-hybridized carbons (Fsp3) is 0.214. The molecule has 2 heterocycles. The van der Waals surface area contributed by atoms with Crippen molar-refractivity contribution in [1.82, 2.24) is 9.55 Å². The number of carbonyl (C=O) groups excluding carboxylic acids is 1. The lowest BCUT2D eigenvalue weighted by Gasteiger charge is -2.29. The fourth-order valence-corrected chi connectivity index (χ4v) is 4.47. The third kappa shape index (κ3) is 5.18. The summed E-state index contributed by atoms with van der Waals surface area (Å²) in [5.74, 6) is -0.738. The van der Waals surface area contributed by atoms with Gasteiger partial charge >= 0.3 is 0 Å². The molecule has 0 unspecified atom stereocenters. The van der Waals surface area contributed by atoms with Gasteiger partial charge in [0.1, 0.15) is 18.5 Å². The van der Waals surface area contributed by atoms with Crippen molar-refractivity contribution in [2.24, 2.45) is 0 Å². The molecular formula is C28H24Cl2N2O4. The first-order valence-electron chi connectivity index (χ1n) is 11.5. The van der Waals surface area contributed by atoms with Gasteiger partial charge in [-0.3, -0.25) is 4.79 Å². The van der Waals surface area contributed by atoms with Gasteiger partial charge < -0.3 is 18.8 Å². The molecule has 0 N–H and O–H groups in total. The van der Waals surface area contributed by atoms with Crippen molar-refractivity contribution >= 4 is 29.0 Å². The summed E-state index contributed by atoms with van der Waals surface area (Å²) in [7, 11) is 0. The molecule has 0 radical (unpaired) electrons. The molecule has 0 spiro atoms. The molecule has 6 nitrogen and oxygen atoms in total. The number of rotatable bonds is 8. The molecule has 4 aromatic rings. The number of nitrogens with zero attached hydrogens (tertiary/aromatic N) is 2. The summed E-state index contributed by atoms with van der Waals surface area (Å²) in [6.45, 7) is 2.78. The number of imidazole rings is 1. The zero-order valence-electron chi connectivity index (χ0n) is 19.6. The van der Waals surface area contributed by atoms with E-state index in [0.717, 1.165) is 11.1 Å². The Morgan fingerprint density at radius 2 is 1.92 bits per heavy atom. The van der Waals surface area contributed by atoms with Gasteiger partial charge in [-0.1, -0.05) is 65.7 Å². The van der Waals surface area contributed by atoms with E-state index < -0.39 is 5.79 Å². The number of halogens is 2. The highest BCUT2D eigenvalue weighted by Gasteiger charge is 2.44. The highest BCUT2D eigenvalue weighted by Crippen LogP contribution is 2.37. The van der Waals surface area contributed by atoms with Crippen molar-refractivity contribution in [2.45, 2.75) is 25.4 Å². The number of carbonyl (C=O) groups is 1. The van der Waals surface area contributed by atoms with Crippen LogP contribution in [0.25, 0.3) is 0 Å². The van der Waals surface area contributed by atoms with Crippen molar-refractivity contribution in [3.8, 4) is 5.75 Å². The van der Waals surface area contributed by atoms with E-state index in [9.17, 15) is 4.79 Å². The van der Waals surface area contributed by atoms with Crippen LogP contribution >= 0.6 is 23.2 Å². The van der Waals surface area contributed by atoms with Crippen molar-refractivity contribution < 1.29 is 19.0 Å². The van der Waals surface area contributed by atoms with Crippen LogP contribution in [0.2, 0.25) is 10.0 Å². The van der Waals surface area contributed by atoms with Gasteiger partial charge in [-0.05, 0) is 36.8 Å². The smallest absolute Gasteiger partial charge is 0.214 e. The van der Waals surface area contributed by atoms with Gasteiger partial charge in [0.05, 0.1) is 25.0 Å². The Hall–Kier alpha value is -3.16. The quantitative estimate of drug-likeness (QED) is 0.262. The van der Waals surface area contributed by atoms with Crippen LogP contribution in [0, 0.1) is 6.92 Å². The molecule has 0 amide bonds. The summed E-state index contributed by atoms with van der Waals surface area (Å²) < 4.78 is 20.8. The summed E-state index contributed by atoms with van der Waals surface area (Å²) in [6.07, 6.45) is 4.90. The fourth-order valence-electron chi connectivity index (χ4n) is 4.18. The lowest BCUT2D eigenvalue weighted by Crippen LogP contribution is -2.34. The minimum absolute atomic E-state index is 0.160. The minimum atomic E-state index is -1.03. The SMILES string of the molecule is Cc1cc(OC[C@@H]2CO[C@@](Cn3ccnc3)(c3ccc(Cl)cc3)O2)c(C(=O)c2ccccc2)cc1Cl. The van der Waals surface area contributed by atoms with Crippen LogP contribution < -0.4 is 4.74 Å². The van der Waals surface area contributed by atoms with E-state index in [-0.39, 0.29) is 18.5 Å². The average molecular weight is 523 g/mol. The second-order valence-corrected chi connectivity index (χ2v) is 9.49. The summed E-state index contributed by atoms with van der Waals surface area (Å²) >= 11 is 12.5. The summed E-state index contributed by atoms with van der Waals surface area (Å²) in [4.78, 5) is 17.3. The summed E-state index contributed by atoms with van der Waals surface area (Å²) in [5.41, 5.74) is 2.61. The highest BCUT2D eigenvalue weighted by atomic mass is 35.5. The Labute approximate surface area is 219 Å². The van der Waals surface area contributed by atoms with Crippen LogP contribution in [0.15, 0.2) is 85.5 Å². The molecule has 0 aliphatic carbocycles. The second kappa shape index (κ2) is 10.4. The third-order valence-electron chi connectivity index (χ3n) is 6.06. The van der Waals surface area contributed by atoms with E-state index in [0.29, 0.717) is 40.1 Å². The lowest BCUT2D eigenvalue weighted by molar-refractivity contribution is -0.189. The molecular weight excluding hydrogens is 499 g/mol. The first-order valence-corrected chi connectivity index (χ1v) is 12.3. The first kappa shape index (κ1) is 24.5. The molecule has 2 atom stereocenters. The molecule has 1 aliphatic rings. The summed E-state index contributed by atoms with van der Waals surface area (Å²) in [6, 6.07) is 19.9. The Kier molecular flexibility index (Phi) is 7.12. The average Bonchev–Trinajstić information content (AvgIpc) is 3.56. The number of aromatic nitrogens is 2. The van der Waals surface area contributed by atoms with Crippen LogP contribution in [0.3, 0.4) is 0 Å². The van der Waals surface area contributed by atoms with E-state index in [1.54, 1.807) is 48.9 Å². The number of ketones is 1. The third-order valence-corrected chi connectivity index (χ3v) is 6.72. The van der Waals surface area contributed by atoms with E-state index in [4.69, 9.17) is 37.4 Å². The Morgan fingerprint density at radius 1 is 1.14 bits per heavy atom. The van der Waals surface area contributed by atoms with Gasteiger partial charge in [-0.15, -0.1) is 0 Å². The lowest BCUT2D eigenvalue weighted by atomic mass is 10.0. The zero-order valence-corrected chi connectivity index (χ0v) is 21.1. The predicted molar refractivity (Wildman–Crippen MR) is 138 cm³/mol. The summed E-state index contributed by atoms with van der Waals surface area (Å²) in [5, 5.41) is 1.13.